The highest BCUT2D eigenvalue weighted by Crippen LogP contribution is 2.25. The highest BCUT2D eigenvalue weighted by molar-refractivity contribution is 5.35. The van der Waals surface area contributed by atoms with Crippen LogP contribution < -0.4 is 10.5 Å². The van der Waals surface area contributed by atoms with Gasteiger partial charge in [-0.25, -0.2) is 4.39 Å². The first kappa shape index (κ1) is 13.5. The molecule has 2 aromatic carbocycles. The zero-order valence-corrected chi connectivity index (χ0v) is 10.4. The van der Waals surface area contributed by atoms with Crippen LogP contribution in [0.4, 0.5) is 4.39 Å². The van der Waals surface area contributed by atoms with Gasteiger partial charge in [-0.05, 0) is 23.8 Å². The first-order valence-electron chi connectivity index (χ1n) is 6.05. The Bertz CT molecular complexity index is 545. The van der Waals surface area contributed by atoms with Gasteiger partial charge >= 0.3 is 0 Å². The fraction of sp³-hybridized carbons (Fsp3) is 0.200. The predicted molar refractivity (Wildman–Crippen MR) is 71.2 cm³/mol. The molecule has 1 unspecified atom stereocenters. The summed E-state index contributed by atoms with van der Waals surface area (Å²) in [5, 5.41) is 9.79. The van der Waals surface area contributed by atoms with Crippen molar-refractivity contribution < 1.29 is 14.2 Å². The van der Waals surface area contributed by atoms with Crippen molar-refractivity contribution in [2.45, 2.75) is 12.7 Å². The van der Waals surface area contributed by atoms with Crippen molar-refractivity contribution >= 4 is 0 Å². The van der Waals surface area contributed by atoms with Crippen molar-refractivity contribution in [1.29, 1.82) is 0 Å². The number of ether oxygens (including phenoxy) is 1. The van der Waals surface area contributed by atoms with Crippen LogP contribution in [0, 0.1) is 5.82 Å². The maximum atomic E-state index is 13.0. The van der Waals surface area contributed by atoms with Crippen molar-refractivity contribution in [1.82, 2.24) is 0 Å². The van der Waals surface area contributed by atoms with E-state index in [-0.39, 0.29) is 19.0 Å². The lowest BCUT2D eigenvalue weighted by molar-refractivity contribution is 0.178. The lowest BCUT2D eigenvalue weighted by Crippen LogP contribution is -2.12. The molecule has 0 aliphatic heterocycles. The fourth-order valence-corrected chi connectivity index (χ4v) is 1.80. The smallest absolute Gasteiger partial charge is 0.125 e. The Labute approximate surface area is 111 Å². The normalized spacial score (nSPS) is 12.2. The molecule has 0 aliphatic rings. The number of aliphatic hydroxyl groups is 1. The molecule has 3 nitrogen and oxygen atoms in total. The number of nitrogens with two attached hydrogens (primary N) is 1. The first-order chi connectivity index (χ1) is 9.20. The van der Waals surface area contributed by atoms with Crippen LogP contribution in [0.25, 0.3) is 0 Å². The minimum Gasteiger partial charge on any atom is -0.489 e. The van der Waals surface area contributed by atoms with Crippen LogP contribution in [0.5, 0.6) is 5.75 Å². The Morgan fingerprint density at radius 3 is 2.68 bits per heavy atom. The summed E-state index contributed by atoms with van der Waals surface area (Å²) in [7, 11) is 0. The van der Waals surface area contributed by atoms with Crippen LogP contribution in [-0.2, 0) is 6.61 Å². The average molecular weight is 261 g/mol. The number of benzene rings is 2. The maximum absolute atomic E-state index is 13.0. The largest absolute Gasteiger partial charge is 0.489 e. The van der Waals surface area contributed by atoms with E-state index in [1.807, 2.05) is 12.1 Å². The van der Waals surface area contributed by atoms with Gasteiger partial charge in [0.1, 0.15) is 18.2 Å². The molecule has 0 aliphatic carbocycles. The van der Waals surface area contributed by atoms with Gasteiger partial charge in [-0.15, -0.1) is 0 Å². The number of aliphatic hydroxyl groups excluding tert-OH is 1. The SMILES string of the molecule is NCC(O)c1ccccc1OCc1cccc(F)c1. The first-order valence-corrected chi connectivity index (χ1v) is 6.05. The lowest BCUT2D eigenvalue weighted by atomic mass is 10.1. The Hall–Kier alpha value is -1.91. The second-order valence-corrected chi connectivity index (χ2v) is 4.21. The lowest BCUT2D eigenvalue weighted by Gasteiger charge is -2.14. The van der Waals surface area contributed by atoms with Crippen LogP contribution in [0.3, 0.4) is 0 Å². The van der Waals surface area contributed by atoms with E-state index in [9.17, 15) is 9.50 Å². The molecule has 0 heterocycles. The second-order valence-electron chi connectivity index (χ2n) is 4.21. The van der Waals surface area contributed by atoms with Gasteiger partial charge in [0.2, 0.25) is 0 Å². The second kappa shape index (κ2) is 6.31. The fourth-order valence-electron chi connectivity index (χ4n) is 1.80. The molecule has 0 bridgehead atoms. The van der Waals surface area contributed by atoms with E-state index in [2.05, 4.69) is 0 Å². The standard InChI is InChI=1S/C15H16FNO2/c16-12-5-3-4-11(8-12)10-19-15-7-2-1-6-13(15)14(18)9-17/h1-8,14,18H,9-10,17H2. The van der Waals surface area contributed by atoms with Gasteiger partial charge in [0, 0.05) is 12.1 Å². The Morgan fingerprint density at radius 1 is 1.16 bits per heavy atom. The molecule has 0 saturated heterocycles. The zero-order chi connectivity index (χ0) is 13.7. The van der Waals surface area contributed by atoms with Gasteiger partial charge in [-0.1, -0.05) is 30.3 Å². The maximum Gasteiger partial charge on any atom is 0.125 e. The van der Waals surface area contributed by atoms with Crippen LogP contribution in [0.1, 0.15) is 17.2 Å². The summed E-state index contributed by atoms with van der Waals surface area (Å²) in [5.41, 5.74) is 6.82. The van der Waals surface area contributed by atoms with Gasteiger partial charge < -0.3 is 15.6 Å². The third kappa shape index (κ3) is 3.53. The van der Waals surface area contributed by atoms with Crippen molar-refractivity contribution in [3.8, 4) is 5.75 Å². The van der Waals surface area contributed by atoms with Gasteiger partial charge in [-0.2, -0.15) is 0 Å². The highest BCUT2D eigenvalue weighted by atomic mass is 19.1. The summed E-state index contributed by atoms with van der Waals surface area (Å²) in [6.45, 7) is 0.367. The third-order valence-corrected chi connectivity index (χ3v) is 2.78. The minimum absolute atomic E-state index is 0.125. The van der Waals surface area contributed by atoms with Gasteiger partial charge in [0.25, 0.3) is 0 Å². The molecule has 3 N–H and O–H groups in total. The molecule has 0 amide bonds. The summed E-state index contributed by atoms with van der Waals surface area (Å²) in [5.74, 6) is 0.265. The zero-order valence-electron chi connectivity index (χ0n) is 10.4. The van der Waals surface area contributed by atoms with E-state index in [1.165, 1.54) is 12.1 Å². The number of para-hydroxylation sites is 1. The van der Waals surface area contributed by atoms with E-state index in [4.69, 9.17) is 10.5 Å². The van der Waals surface area contributed by atoms with E-state index in [1.54, 1.807) is 24.3 Å². The molecule has 0 radical (unpaired) electrons. The number of halogens is 1. The average Bonchev–Trinajstić information content (AvgIpc) is 2.45. The van der Waals surface area contributed by atoms with Crippen molar-refractivity contribution in [3.63, 3.8) is 0 Å². The molecule has 100 valence electrons. The molecule has 1 atom stereocenters. The van der Waals surface area contributed by atoms with Crippen LogP contribution >= 0.6 is 0 Å². The van der Waals surface area contributed by atoms with Crippen molar-refractivity contribution in [2.75, 3.05) is 6.54 Å². The summed E-state index contributed by atoms with van der Waals surface area (Å²) in [6.07, 6.45) is -0.760. The van der Waals surface area contributed by atoms with Gasteiger partial charge in [0.05, 0.1) is 6.10 Å². The molecule has 4 heteroatoms. The Kier molecular flexibility index (Phi) is 4.49. The van der Waals surface area contributed by atoms with Gasteiger partial charge in [-0.3, -0.25) is 0 Å². The van der Waals surface area contributed by atoms with E-state index in [0.29, 0.717) is 11.3 Å². The Morgan fingerprint density at radius 2 is 1.95 bits per heavy atom. The van der Waals surface area contributed by atoms with E-state index >= 15 is 0 Å². The molecular weight excluding hydrogens is 245 g/mol. The Balaban J connectivity index is 2.11. The molecule has 0 spiro atoms. The summed E-state index contributed by atoms with van der Waals surface area (Å²) >= 11 is 0. The monoisotopic (exact) mass is 261 g/mol. The van der Waals surface area contributed by atoms with Crippen LogP contribution in [0.2, 0.25) is 0 Å². The molecule has 0 saturated carbocycles. The van der Waals surface area contributed by atoms with Gasteiger partial charge in [0.15, 0.2) is 0 Å². The topological polar surface area (TPSA) is 55.5 Å². The summed E-state index contributed by atoms with van der Waals surface area (Å²) in [6, 6.07) is 13.4. The van der Waals surface area contributed by atoms with Crippen molar-refractivity contribution in [3.05, 3.63) is 65.5 Å². The number of rotatable bonds is 5. The molecular formula is C15H16FNO2. The molecule has 2 rings (SSSR count). The molecule has 2 aromatic rings. The van der Waals surface area contributed by atoms with Crippen molar-refractivity contribution in [2.24, 2.45) is 5.73 Å². The molecule has 0 aromatic heterocycles. The predicted octanol–water partition coefficient (Wildman–Crippen LogP) is 2.40. The van der Waals surface area contributed by atoms with E-state index in [0.717, 1.165) is 5.56 Å². The third-order valence-electron chi connectivity index (χ3n) is 2.78. The number of hydrogen-bond acceptors (Lipinski definition) is 3. The quantitative estimate of drug-likeness (QED) is 0.869. The molecule has 19 heavy (non-hydrogen) atoms. The minimum atomic E-state index is -0.760. The summed E-state index contributed by atoms with van der Waals surface area (Å²) in [4.78, 5) is 0. The van der Waals surface area contributed by atoms with E-state index < -0.39 is 6.10 Å². The molecule has 0 fully saturated rings. The number of hydrogen-bond donors (Lipinski definition) is 2. The highest BCUT2D eigenvalue weighted by Gasteiger charge is 2.11. The summed E-state index contributed by atoms with van der Waals surface area (Å²) < 4.78 is 18.7. The van der Waals surface area contributed by atoms with Crippen LogP contribution in [-0.4, -0.2) is 11.7 Å². The van der Waals surface area contributed by atoms with Crippen LogP contribution in [0.15, 0.2) is 48.5 Å².